The van der Waals surface area contributed by atoms with Crippen LogP contribution in [-0.4, -0.2) is 24.1 Å². The molecule has 0 aliphatic heterocycles. The van der Waals surface area contributed by atoms with Crippen LogP contribution in [0.2, 0.25) is 0 Å². The molecule has 0 fully saturated rings. The van der Waals surface area contributed by atoms with Crippen LogP contribution < -0.4 is 0 Å². The maximum Gasteiger partial charge on any atom is 0.238 e. The van der Waals surface area contributed by atoms with E-state index in [1.165, 1.54) is 21.9 Å². The van der Waals surface area contributed by atoms with E-state index in [0.29, 0.717) is 17.6 Å². The number of hydrogen-bond donors (Lipinski definition) is 0. The lowest BCUT2D eigenvalue weighted by molar-refractivity contribution is 0.669. The summed E-state index contributed by atoms with van der Waals surface area (Å²) in [5, 5.41) is 6.76. The molecule has 0 unspecified atom stereocenters. The number of furan rings is 1. The molecule has 0 N–H and O–H groups in total. The second kappa shape index (κ2) is 12.3. The van der Waals surface area contributed by atoms with Gasteiger partial charge in [-0.15, -0.1) is 0 Å². The normalized spacial score (nSPS) is 11.9. The van der Waals surface area contributed by atoms with E-state index in [1.54, 1.807) is 0 Å². The third-order valence-corrected chi connectivity index (χ3v) is 11.2. The number of hydrogen-bond acceptors (Lipinski definition) is 4. The van der Waals surface area contributed by atoms with Gasteiger partial charge in [-0.1, -0.05) is 140 Å². The Kier molecular flexibility index (Phi) is 6.83. The fourth-order valence-electron chi connectivity index (χ4n) is 8.70. The summed E-state index contributed by atoms with van der Waals surface area (Å²) in [6.45, 7) is 0. The SMILES string of the molecule is c1ccc(-c2nc(-c3cccc4c3oc3ccc(-n5c6ccccc6c6c(-c7ccccc7)cccc65)cc34)nc(-n3c4ccccc4c4ccccc43)n2)cc1. The minimum Gasteiger partial charge on any atom is -0.455 e. The molecule has 8 aromatic carbocycles. The highest BCUT2D eigenvalue weighted by atomic mass is 16.3. The molecule has 0 saturated carbocycles. The Morgan fingerprint density at radius 2 is 0.930 bits per heavy atom. The standard InChI is InChI=1S/C51H31N5O/c1-3-15-32(16-4-1)35-22-14-28-45-47(35)39-21-9-12-27-44(39)55(45)34-29-30-46-41(31-34)38-23-13-24-40(48(38)57-46)50-52-49(33-17-5-2-6-18-33)53-51(54-50)56-42-25-10-7-19-36(42)37-20-8-11-26-43(37)56/h1-31H. The van der Waals surface area contributed by atoms with Gasteiger partial charge < -0.3 is 8.98 Å². The van der Waals surface area contributed by atoms with Gasteiger partial charge in [0.15, 0.2) is 11.6 Å². The molecule has 0 saturated heterocycles. The van der Waals surface area contributed by atoms with Crippen molar-refractivity contribution in [1.82, 2.24) is 24.1 Å². The average Bonchev–Trinajstić information content (AvgIpc) is 3.94. The Bertz CT molecular complexity index is 3470. The number of nitrogens with zero attached hydrogens (tertiary/aromatic N) is 5. The average molecular weight is 730 g/mol. The van der Waals surface area contributed by atoms with Crippen LogP contribution >= 0.6 is 0 Å². The van der Waals surface area contributed by atoms with Crippen molar-refractivity contribution >= 4 is 65.6 Å². The van der Waals surface area contributed by atoms with Gasteiger partial charge in [0.05, 0.1) is 27.6 Å². The van der Waals surface area contributed by atoms with Crippen LogP contribution in [0, 0.1) is 0 Å². The molecule has 266 valence electrons. The van der Waals surface area contributed by atoms with Crippen LogP contribution in [0.1, 0.15) is 0 Å². The largest absolute Gasteiger partial charge is 0.455 e. The van der Waals surface area contributed by atoms with Gasteiger partial charge >= 0.3 is 0 Å². The summed E-state index contributed by atoms with van der Waals surface area (Å²) >= 11 is 0. The molecule has 0 aliphatic rings. The van der Waals surface area contributed by atoms with Crippen molar-refractivity contribution in [3.8, 4) is 45.5 Å². The number of fused-ring (bicyclic) bond motifs is 9. The highest BCUT2D eigenvalue weighted by Gasteiger charge is 2.22. The fourth-order valence-corrected chi connectivity index (χ4v) is 8.70. The van der Waals surface area contributed by atoms with Crippen LogP contribution in [0.15, 0.2) is 192 Å². The van der Waals surface area contributed by atoms with Crippen LogP contribution in [0.25, 0.3) is 111 Å². The van der Waals surface area contributed by atoms with Crippen LogP contribution in [-0.2, 0) is 0 Å². The Balaban J connectivity index is 1.08. The molecule has 0 aliphatic carbocycles. The molecule has 0 radical (unpaired) electrons. The summed E-state index contributed by atoms with van der Waals surface area (Å²) in [4.78, 5) is 15.5. The fraction of sp³-hybridized carbons (Fsp3) is 0. The molecule has 0 amide bonds. The van der Waals surface area contributed by atoms with Gasteiger partial charge in [0.1, 0.15) is 11.2 Å². The first-order valence-corrected chi connectivity index (χ1v) is 19.1. The predicted octanol–water partition coefficient (Wildman–Crippen LogP) is 13.0. The van der Waals surface area contributed by atoms with Gasteiger partial charge in [-0.2, -0.15) is 9.97 Å². The molecule has 12 rings (SSSR count). The first-order valence-electron chi connectivity index (χ1n) is 19.1. The molecule has 4 heterocycles. The Morgan fingerprint density at radius 1 is 0.368 bits per heavy atom. The van der Waals surface area contributed by atoms with Crippen molar-refractivity contribution in [3.05, 3.63) is 188 Å². The summed E-state index contributed by atoms with van der Waals surface area (Å²) in [7, 11) is 0. The first kappa shape index (κ1) is 31.5. The van der Waals surface area contributed by atoms with Crippen molar-refractivity contribution in [3.63, 3.8) is 0 Å². The summed E-state index contributed by atoms with van der Waals surface area (Å²) in [6, 6.07) is 65.6. The van der Waals surface area contributed by atoms with E-state index in [1.807, 2.05) is 36.4 Å². The van der Waals surface area contributed by atoms with E-state index in [-0.39, 0.29) is 0 Å². The van der Waals surface area contributed by atoms with E-state index in [0.717, 1.165) is 71.6 Å². The van der Waals surface area contributed by atoms with Crippen molar-refractivity contribution in [2.24, 2.45) is 0 Å². The molecule has 0 atom stereocenters. The minimum atomic E-state index is 0.543. The van der Waals surface area contributed by atoms with Crippen molar-refractivity contribution < 1.29 is 4.42 Å². The van der Waals surface area contributed by atoms with Crippen LogP contribution in [0.5, 0.6) is 0 Å². The molecule has 4 aromatic heterocycles. The van der Waals surface area contributed by atoms with Crippen molar-refractivity contribution in [2.45, 2.75) is 0 Å². The monoisotopic (exact) mass is 729 g/mol. The number of aromatic nitrogens is 5. The highest BCUT2D eigenvalue weighted by Crippen LogP contribution is 2.41. The van der Waals surface area contributed by atoms with Crippen molar-refractivity contribution in [1.29, 1.82) is 0 Å². The molecular formula is C51H31N5O. The maximum absolute atomic E-state index is 6.76. The third-order valence-electron chi connectivity index (χ3n) is 11.2. The quantitative estimate of drug-likeness (QED) is 0.177. The summed E-state index contributed by atoms with van der Waals surface area (Å²) in [5.74, 6) is 1.68. The lowest BCUT2D eigenvalue weighted by Crippen LogP contribution is -2.06. The Hall–Kier alpha value is -7.83. The zero-order chi connectivity index (χ0) is 37.5. The molecule has 6 heteroatoms. The third kappa shape index (κ3) is 4.81. The van der Waals surface area contributed by atoms with Gasteiger partial charge in [0.2, 0.25) is 5.95 Å². The lowest BCUT2D eigenvalue weighted by atomic mass is 9.99. The first-order chi connectivity index (χ1) is 28.3. The zero-order valence-corrected chi connectivity index (χ0v) is 30.5. The molecular weight excluding hydrogens is 699 g/mol. The smallest absolute Gasteiger partial charge is 0.238 e. The van der Waals surface area contributed by atoms with E-state index < -0.39 is 0 Å². The predicted molar refractivity (Wildman–Crippen MR) is 232 cm³/mol. The molecule has 0 bridgehead atoms. The van der Waals surface area contributed by atoms with E-state index in [9.17, 15) is 0 Å². The van der Waals surface area contributed by atoms with E-state index >= 15 is 0 Å². The molecule has 12 aromatic rings. The van der Waals surface area contributed by atoms with Crippen molar-refractivity contribution in [2.75, 3.05) is 0 Å². The Morgan fingerprint density at radius 3 is 1.67 bits per heavy atom. The Labute approximate surface area is 326 Å². The van der Waals surface area contributed by atoms with E-state index in [4.69, 9.17) is 19.4 Å². The minimum absolute atomic E-state index is 0.543. The number of rotatable bonds is 5. The molecule has 6 nitrogen and oxygen atoms in total. The second-order valence-corrected chi connectivity index (χ2v) is 14.4. The number of benzene rings is 8. The highest BCUT2D eigenvalue weighted by molar-refractivity contribution is 6.16. The number of para-hydroxylation sites is 4. The van der Waals surface area contributed by atoms with Crippen LogP contribution in [0.3, 0.4) is 0 Å². The van der Waals surface area contributed by atoms with Gasteiger partial charge in [0, 0.05) is 43.6 Å². The van der Waals surface area contributed by atoms with Gasteiger partial charge in [-0.05, 0) is 59.7 Å². The molecule has 57 heavy (non-hydrogen) atoms. The topological polar surface area (TPSA) is 61.7 Å². The summed E-state index contributed by atoms with van der Waals surface area (Å²) in [6.07, 6.45) is 0. The summed E-state index contributed by atoms with van der Waals surface area (Å²) < 4.78 is 11.3. The van der Waals surface area contributed by atoms with Gasteiger partial charge in [-0.3, -0.25) is 4.57 Å². The van der Waals surface area contributed by atoms with Gasteiger partial charge in [0.25, 0.3) is 0 Å². The van der Waals surface area contributed by atoms with Crippen LogP contribution in [0.4, 0.5) is 0 Å². The summed E-state index contributed by atoms with van der Waals surface area (Å²) in [5.41, 5.74) is 11.1. The molecule has 0 spiro atoms. The van der Waals surface area contributed by atoms with E-state index in [2.05, 4.69) is 161 Å². The second-order valence-electron chi connectivity index (χ2n) is 14.4. The maximum atomic E-state index is 6.76. The van der Waals surface area contributed by atoms with Gasteiger partial charge in [-0.25, -0.2) is 4.98 Å². The zero-order valence-electron chi connectivity index (χ0n) is 30.5. The lowest BCUT2D eigenvalue weighted by Gasteiger charge is -2.11.